The van der Waals surface area contributed by atoms with E-state index in [1.165, 1.54) is 80.9 Å². The second kappa shape index (κ2) is 56.5. The molecule has 2 saturated heterocycles. The van der Waals surface area contributed by atoms with Gasteiger partial charge in [-0.1, -0.05) is 275 Å². The Hall–Kier alpha value is -11.2. The number of rotatable bonds is 20. The highest BCUT2D eigenvalue weighted by Crippen LogP contribution is 2.40. The highest BCUT2D eigenvalue weighted by molar-refractivity contribution is 7.90. The molecule has 0 atom stereocenters. The zero-order chi connectivity index (χ0) is 107. The van der Waals surface area contributed by atoms with Crippen molar-refractivity contribution in [2.75, 3.05) is 79.7 Å². The number of carbonyl (C=O) groups excluding carboxylic acids is 2. The predicted octanol–water partition coefficient (Wildman–Crippen LogP) is 29.5. The maximum absolute atomic E-state index is 13.0. The monoisotopic (exact) mass is 2020 g/mol. The van der Waals surface area contributed by atoms with Crippen LogP contribution in [0, 0.1) is 55.7 Å². The molecule has 2 fully saturated rings. The standard InChI is InChI=1S/C17H22F3NO.C16H20N2O2.C14H21NOS.C14H19N.C13H18O2.C13H20O2.C13H20O.C11H16O2S.C10H11NO/c1-16(2,3)12-8-10-21(11-9-12)15(22)13-6-4-5-7-14(13)17(18,19)20;1-16(2,3)14-9-10-15(19)18(17-14)11-12-20-13-7-5-4-6-8-13;1-14(2,3)11-6-8-15(9-7-11)13(16)12-5-4-10-17-12;1-14(2,3)9-11-15-10-8-12-6-4-5-7-13(12)15;1-13(2,3)9-10-4-5-11-12(8-10)15-7-6-14-11;1-13(2,3)10-15-9-11-5-7-12(14-4)8-6-11;1-13(2,3)10-9-11-5-7-12(14-4)8-6-11;1-11(2,3)9-5-7-10(8-6-9)14(4,12)13;1-2-12-10-5-3-9(4-6-10)7-8-11/h4-7,12H,8-11H2,1-3H3;4-10H,11-12H2,1-3H3;4-5,10-11H,6-9H2,1-3H3;4-8,10H,9,11H2,1-3H3;4-5,8H,6-7,9H2,1-3H3;5-8H,9-10H2,1-4H3;5-8H,9-10H2,1-4H3;5-8H,1-4H3;3-6H,2,7H2,1H3. The lowest BCUT2D eigenvalue weighted by molar-refractivity contribution is -0.138. The highest BCUT2D eigenvalue weighted by atomic mass is 32.2. The molecule has 23 heteroatoms. The SMILES string of the molecule is CC(C)(C)C1CCN(C(=O)c2ccccc2C(F)(F)F)CC1.CC(C)(C)C1CCN(C(=O)c2cccs2)CC1.CC(C)(C)CCn1ccc2ccccc21.CC(C)(C)Cc1ccc2c(c1)OCCO2.CC(C)(C)c1ccc(=O)n(CCOc2ccccc2)n1.CC(C)(C)c1ccc(S(C)(=O)=O)cc1.CCOc1ccc(CC#N)cc1.COc1ccc(CCC(C)(C)C)cc1.COc1ccc(COCC(C)(C)C)cc1. The Morgan fingerprint density at radius 1 is 0.507 bits per heavy atom. The van der Waals surface area contributed by atoms with Crippen molar-refractivity contribution < 1.29 is 64.3 Å². The Labute approximate surface area is 865 Å². The van der Waals surface area contributed by atoms with Crippen LogP contribution in [-0.4, -0.2) is 124 Å². The van der Waals surface area contributed by atoms with Crippen molar-refractivity contribution in [2.45, 2.75) is 272 Å². The number of ether oxygens (including phenoxy) is 7. The molecule has 6 heterocycles. The van der Waals surface area contributed by atoms with Gasteiger partial charge in [-0.15, -0.1) is 11.3 Å². The number of methoxy groups -OCH3 is 2. The molecule has 0 radical (unpaired) electrons. The normalized spacial score (nSPS) is 13.6. The Balaban J connectivity index is 0.000000249. The lowest BCUT2D eigenvalue weighted by Gasteiger charge is -2.39. The van der Waals surface area contributed by atoms with Crippen LogP contribution in [0.25, 0.3) is 10.9 Å². The van der Waals surface area contributed by atoms with Gasteiger partial charge in [0, 0.05) is 62.2 Å². The molecule has 0 bridgehead atoms. The highest BCUT2D eigenvalue weighted by Gasteiger charge is 2.38. The number of amides is 2. The molecule has 2 amide bonds. The minimum atomic E-state index is -4.50. The quantitative estimate of drug-likeness (QED) is 0.0697. The molecule has 786 valence electrons. The number of fused-ring (bicyclic) bond motifs is 2. The van der Waals surface area contributed by atoms with Crippen LogP contribution >= 0.6 is 11.3 Å². The first-order valence-corrected chi connectivity index (χ1v) is 53.2. The topological polar surface area (TPSA) is 203 Å². The zero-order valence-corrected chi connectivity index (χ0v) is 93.2. The number of hydrogen-bond donors (Lipinski definition) is 0. The maximum Gasteiger partial charge on any atom is 0.417 e. The summed E-state index contributed by atoms with van der Waals surface area (Å²) in [7, 11) is 0.305. The van der Waals surface area contributed by atoms with E-state index in [2.05, 4.69) is 243 Å². The molecule has 3 aliphatic heterocycles. The van der Waals surface area contributed by atoms with E-state index in [1.54, 1.807) is 43.4 Å². The van der Waals surface area contributed by atoms with Crippen molar-refractivity contribution in [1.82, 2.24) is 24.1 Å². The number of aryl methyl sites for hydroxylation is 2. The first-order valence-electron chi connectivity index (χ1n) is 50.5. The number of nitriles is 1. The van der Waals surface area contributed by atoms with Crippen molar-refractivity contribution >= 4 is 43.9 Å². The van der Waals surface area contributed by atoms with E-state index in [9.17, 15) is 36.0 Å². The lowest BCUT2D eigenvalue weighted by atomic mass is 9.75. The Morgan fingerprint density at radius 3 is 1.51 bits per heavy atom. The number of aromatic nitrogens is 3. The molecule has 8 aromatic carbocycles. The Bertz CT molecular complexity index is 5820. The minimum absolute atomic E-state index is 0.0655. The van der Waals surface area contributed by atoms with Crippen molar-refractivity contribution in [3.63, 3.8) is 0 Å². The summed E-state index contributed by atoms with van der Waals surface area (Å²) in [5.74, 6) is 6.18. The number of nitrogens with zero attached hydrogens (tertiary/aromatic N) is 6. The van der Waals surface area contributed by atoms with Crippen LogP contribution in [0.1, 0.15) is 271 Å². The molecule has 0 spiro atoms. The first kappa shape index (κ1) is 121. The number of halogens is 3. The number of hydrogen-bond acceptors (Lipinski definition) is 15. The molecular weight excluding hydrogens is 1850 g/mol. The molecule has 11 aromatic rings. The van der Waals surface area contributed by atoms with Gasteiger partial charge < -0.3 is 47.5 Å². The third-order valence-electron chi connectivity index (χ3n) is 24.2. The zero-order valence-electron chi connectivity index (χ0n) is 91.6. The van der Waals surface area contributed by atoms with Gasteiger partial charge in [0.05, 0.1) is 79.7 Å². The van der Waals surface area contributed by atoms with E-state index in [1.807, 2.05) is 139 Å². The molecule has 144 heavy (non-hydrogen) atoms. The fourth-order valence-corrected chi connectivity index (χ4v) is 16.9. The molecule has 0 saturated carbocycles. The van der Waals surface area contributed by atoms with Crippen molar-refractivity contribution in [2.24, 2.45) is 44.3 Å². The molecule has 3 aliphatic rings. The Kier molecular flexibility index (Phi) is 47.7. The number of piperidine rings is 2. The maximum atomic E-state index is 13.0. The van der Waals surface area contributed by atoms with Gasteiger partial charge in [-0.3, -0.25) is 14.4 Å². The number of para-hydroxylation sites is 2. The smallest absolute Gasteiger partial charge is 0.417 e. The second-order valence-corrected chi connectivity index (χ2v) is 48.9. The molecule has 14 rings (SSSR count). The van der Waals surface area contributed by atoms with Crippen molar-refractivity contribution in [1.29, 1.82) is 5.26 Å². The van der Waals surface area contributed by atoms with Crippen LogP contribution < -0.4 is 34.0 Å². The number of thiophene rings is 1. The van der Waals surface area contributed by atoms with Gasteiger partial charge in [-0.25, -0.2) is 13.1 Å². The average Bonchev–Trinajstić information content (AvgIpc) is 1.14. The first-order chi connectivity index (χ1) is 67.3. The summed E-state index contributed by atoms with van der Waals surface area (Å²) in [6.45, 7) is 63.1. The van der Waals surface area contributed by atoms with E-state index in [0.717, 1.165) is 133 Å². The number of benzene rings is 8. The van der Waals surface area contributed by atoms with Gasteiger partial charge in [0.1, 0.15) is 42.8 Å². The van der Waals surface area contributed by atoms with Gasteiger partial charge in [0.2, 0.25) is 0 Å². The molecule has 0 N–H and O–H groups in total. The fraction of sp³-hybridized carbons (Fsp3) is 0.496. The molecule has 18 nitrogen and oxygen atoms in total. The fourth-order valence-electron chi connectivity index (χ4n) is 15.6. The van der Waals surface area contributed by atoms with Gasteiger partial charge in [-0.05, 0) is 256 Å². The van der Waals surface area contributed by atoms with Crippen LogP contribution in [0.4, 0.5) is 13.2 Å². The largest absolute Gasteiger partial charge is 0.497 e. The van der Waals surface area contributed by atoms with Crippen LogP contribution in [0.2, 0.25) is 0 Å². The summed E-state index contributed by atoms with van der Waals surface area (Å²) in [6, 6.07) is 71.8. The third-order valence-corrected chi connectivity index (χ3v) is 26.2. The van der Waals surface area contributed by atoms with Crippen LogP contribution in [0.15, 0.2) is 246 Å². The minimum Gasteiger partial charge on any atom is -0.497 e. The van der Waals surface area contributed by atoms with Crippen LogP contribution in [0.3, 0.4) is 0 Å². The number of alkyl halides is 3. The van der Waals surface area contributed by atoms with E-state index in [0.29, 0.717) is 91.6 Å². The van der Waals surface area contributed by atoms with E-state index in [-0.39, 0.29) is 38.7 Å². The van der Waals surface area contributed by atoms with E-state index < -0.39 is 27.5 Å². The summed E-state index contributed by atoms with van der Waals surface area (Å²) in [5, 5.41) is 16.1. The molecule has 0 unspecified atom stereocenters. The lowest BCUT2D eigenvalue weighted by Crippen LogP contribution is -2.41. The average molecular weight is 2020 g/mol. The summed E-state index contributed by atoms with van der Waals surface area (Å²) in [5.41, 5.74) is 9.00. The summed E-state index contributed by atoms with van der Waals surface area (Å²) in [4.78, 5) is 41.2. The van der Waals surface area contributed by atoms with Gasteiger partial charge >= 0.3 is 6.18 Å². The summed E-state index contributed by atoms with van der Waals surface area (Å²) in [6.07, 6.45) is 7.97. The van der Waals surface area contributed by atoms with Gasteiger partial charge in [0.25, 0.3) is 17.4 Å². The number of likely N-dealkylation sites (tertiary alicyclic amines) is 2. The van der Waals surface area contributed by atoms with Crippen molar-refractivity contribution in [3.8, 4) is 40.6 Å². The number of sulfone groups is 1. The van der Waals surface area contributed by atoms with E-state index >= 15 is 0 Å². The Morgan fingerprint density at radius 2 is 1.01 bits per heavy atom. The number of carbonyl (C=O) groups is 2. The van der Waals surface area contributed by atoms with Gasteiger partial charge in [0.15, 0.2) is 21.3 Å². The third kappa shape index (κ3) is 45.6. The predicted molar refractivity (Wildman–Crippen MR) is 586 cm³/mol. The second-order valence-electron chi connectivity index (χ2n) is 45.9. The molecule has 0 aliphatic carbocycles. The van der Waals surface area contributed by atoms with Crippen molar-refractivity contribution in [3.05, 3.63) is 296 Å². The van der Waals surface area contributed by atoms with E-state index in [4.69, 9.17) is 38.4 Å². The van der Waals surface area contributed by atoms with Crippen LogP contribution in [0.5, 0.6) is 34.5 Å². The molecular formula is C121H167F3N6O12S2. The summed E-state index contributed by atoms with van der Waals surface area (Å²) >= 11 is 1.54. The summed E-state index contributed by atoms with van der Waals surface area (Å²) < 4.78 is 103. The van der Waals surface area contributed by atoms with Gasteiger partial charge in [-0.2, -0.15) is 23.5 Å². The molecule has 3 aromatic heterocycles. The van der Waals surface area contributed by atoms with Crippen LogP contribution in [-0.2, 0) is 70.5 Å².